The minimum atomic E-state index is -2.89. The van der Waals surface area contributed by atoms with Crippen molar-refractivity contribution in [3.05, 3.63) is 53.1 Å². The van der Waals surface area contributed by atoms with Gasteiger partial charge in [0.1, 0.15) is 5.82 Å². The van der Waals surface area contributed by atoms with E-state index < -0.39 is 6.61 Å². The van der Waals surface area contributed by atoms with Crippen LogP contribution < -0.4 is 4.74 Å². The molecule has 0 aliphatic heterocycles. The molecule has 2 atom stereocenters. The summed E-state index contributed by atoms with van der Waals surface area (Å²) in [6.07, 6.45) is 4.45. The van der Waals surface area contributed by atoms with Crippen molar-refractivity contribution in [2.75, 3.05) is 0 Å². The van der Waals surface area contributed by atoms with Crippen LogP contribution in [0.3, 0.4) is 0 Å². The molecule has 0 spiro atoms. The zero-order valence-corrected chi connectivity index (χ0v) is 16.6. The number of aryl methyl sites for hydroxylation is 1. The molecular formula is C20H22F2N6O. The number of rotatable bonds is 6. The number of imidazole rings is 1. The van der Waals surface area contributed by atoms with E-state index in [0.717, 1.165) is 34.9 Å². The first-order valence-electron chi connectivity index (χ1n) is 9.38. The van der Waals surface area contributed by atoms with E-state index in [1.54, 1.807) is 22.9 Å². The number of aromatic amines is 1. The molecule has 1 aliphatic carbocycles. The Morgan fingerprint density at radius 2 is 2.10 bits per heavy atom. The summed E-state index contributed by atoms with van der Waals surface area (Å²) < 4.78 is 31.8. The molecule has 1 fully saturated rings. The van der Waals surface area contributed by atoms with Crippen molar-refractivity contribution in [3.8, 4) is 5.75 Å². The molecule has 0 bridgehead atoms. The van der Waals surface area contributed by atoms with Crippen LogP contribution in [-0.4, -0.2) is 36.9 Å². The Morgan fingerprint density at radius 1 is 1.31 bits per heavy atom. The van der Waals surface area contributed by atoms with Crippen LogP contribution in [0.25, 0.3) is 5.65 Å². The number of pyridine rings is 1. The predicted octanol–water partition coefficient (Wildman–Crippen LogP) is 4.37. The molecule has 0 radical (unpaired) electrons. The van der Waals surface area contributed by atoms with Crippen LogP contribution in [0.1, 0.15) is 62.1 Å². The molecule has 7 nitrogen and oxygen atoms in total. The minimum Gasteiger partial charge on any atom is -0.431 e. The van der Waals surface area contributed by atoms with Gasteiger partial charge in [-0.15, -0.1) is 0 Å². The van der Waals surface area contributed by atoms with Gasteiger partial charge in [-0.1, -0.05) is 5.57 Å². The first-order chi connectivity index (χ1) is 13.8. The molecule has 152 valence electrons. The fourth-order valence-corrected chi connectivity index (χ4v) is 3.40. The van der Waals surface area contributed by atoms with Crippen LogP contribution in [0.5, 0.6) is 5.75 Å². The van der Waals surface area contributed by atoms with Gasteiger partial charge in [-0.2, -0.15) is 13.9 Å². The maximum absolute atomic E-state index is 12.7. The molecule has 1 aliphatic rings. The Balaban J connectivity index is 1.58. The van der Waals surface area contributed by atoms with E-state index in [1.165, 1.54) is 6.07 Å². The molecule has 4 rings (SSSR count). The summed E-state index contributed by atoms with van der Waals surface area (Å²) in [6.45, 7) is 4.86. The van der Waals surface area contributed by atoms with Gasteiger partial charge < -0.3 is 9.14 Å². The van der Waals surface area contributed by atoms with Gasteiger partial charge in [0.2, 0.25) is 0 Å². The third-order valence-electron chi connectivity index (χ3n) is 4.94. The highest BCUT2D eigenvalue weighted by Crippen LogP contribution is 2.54. The van der Waals surface area contributed by atoms with Crippen molar-refractivity contribution in [2.24, 2.45) is 4.99 Å². The lowest BCUT2D eigenvalue weighted by atomic mass is 10.2. The number of allylic oxidation sites excluding steroid dienone is 1. The number of nitrogens with zero attached hydrogens (tertiary/aromatic N) is 5. The molecular weight excluding hydrogens is 378 g/mol. The Morgan fingerprint density at radius 3 is 2.83 bits per heavy atom. The normalized spacial score (nSPS) is 19.1. The van der Waals surface area contributed by atoms with Crippen molar-refractivity contribution in [3.63, 3.8) is 0 Å². The highest BCUT2D eigenvalue weighted by Gasteiger charge is 2.45. The van der Waals surface area contributed by atoms with Crippen LogP contribution in [0.4, 0.5) is 8.78 Å². The van der Waals surface area contributed by atoms with Gasteiger partial charge in [-0.3, -0.25) is 10.1 Å². The number of aromatic nitrogens is 5. The smallest absolute Gasteiger partial charge is 0.387 e. The highest BCUT2D eigenvalue weighted by atomic mass is 19.3. The van der Waals surface area contributed by atoms with Gasteiger partial charge in [0, 0.05) is 29.9 Å². The van der Waals surface area contributed by atoms with E-state index in [0.29, 0.717) is 11.5 Å². The van der Waals surface area contributed by atoms with Gasteiger partial charge >= 0.3 is 6.61 Å². The summed E-state index contributed by atoms with van der Waals surface area (Å²) in [6, 6.07) is 3.17. The lowest BCUT2D eigenvalue weighted by Crippen LogP contribution is -2.03. The van der Waals surface area contributed by atoms with Crippen LogP contribution in [0.15, 0.2) is 35.1 Å². The second-order valence-corrected chi connectivity index (χ2v) is 7.44. The fraction of sp³-hybridized carbons (Fsp3) is 0.400. The summed E-state index contributed by atoms with van der Waals surface area (Å²) in [5, 5.41) is 7.28. The molecule has 9 heteroatoms. The van der Waals surface area contributed by atoms with Crippen LogP contribution in [-0.2, 0) is 0 Å². The third kappa shape index (κ3) is 3.76. The Kier molecular flexibility index (Phi) is 4.89. The van der Waals surface area contributed by atoms with Gasteiger partial charge in [-0.05, 0) is 46.2 Å². The van der Waals surface area contributed by atoms with E-state index in [-0.39, 0.29) is 17.6 Å². The average molecular weight is 400 g/mol. The van der Waals surface area contributed by atoms with Crippen molar-refractivity contribution in [1.29, 1.82) is 0 Å². The predicted molar refractivity (Wildman–Crippen MR) is 105 cm³/mol. The lowest BCUT2D eigenvalue weighted by molar-refractivity contribution is -0.0491. The van der Waals surface area contributed by atoms with E-state index in [1.807, 2.05) is 27.7 Å². The standard InChI is InChI=1S/C20H22F2N6O/c1-10(2)9-23-11(3)17-25-18(27-26-17)14-8-13(14)16-12(4)28-7-5-6-15(19(28)24-16)29-20(21)22/h5-7,9,13-14,20H,8H2,1-4H3,(H,25,26,27). The summed E-state index contributed by atoms with van der Waals surface area (Å²) in [7, 11) is 0. The first kappa shape index (κ1) is 19.2. The maximum Gasteiger partial charge on any atom is 0.387 e. The van der Waals surface area contributed by atoms with E-state index in [2.05, 4.69) is 29.9 Å². The number of ether oxygens (including phenoxy) is 1. The molecule has 2 unspecified atom stereocenters. The van der Waals surface area contributed by atoms with Crippen LogP contribution >= 0.6 is 0 Å². The topological polar surface area (TPSA) is 80.5 Å². The SMILES string of the molecule is CC(C)=CN=C(C)c1n[nH]c(C2CC2c2nc3c(OC(F)F)cccn3c2C)n1. The highest BCUT2D eigenvalue weighted by molar-refractivity contribution is 5.95. The number of H-pyrrole nitrogens is 1. The van der Waals surface area contributed by atoms with Gasteiger partial charge in [-0.25, -0.2) is 9.97 Å². The number of alkyl halides is 2. The summed E-state index contributed by atoms with van der Waals surface area (Å²) in [5.74, 6) is 1.75. The van der Waals surface area contributed by atoms with E-state index in [4.69, 9.17) is 0 Å². The molecule has 0 amide bonds. The van der Waals surface area contributed by atoms with E-state index in [9.17, 15) is 8.78 Å². The van der Waals surface area contributed by atoms with Crippen molar-refractivity contribution < 1.29 is 13.5 Å². The van der Waals surface area contributed by atoms with E-state index >= 15 is 0 Å². The molecule has 29 heavy (non-hydrogen) atoms. The number of hydrogen-bond acceptors (Lipinski definition) is 5. The number of halogens is 2. The molecule has 3 heterocycles. The van der Waals surface area contributed by atoms with Crippen molar-refractivity contribution in [1.82, 2.24) is 24.6 Å². The lowest BCUT2D eigenvalue weighted by Gasteiger charge is -2.05. The Bertz CT molecular complexity index is 1110. The zero-order chi connectivity index (χ0) is 20.7. The quantitative estimate of drug-likeness (QED) is 0.623. The molecule has 0 saturated heterocycles. The molecule has 0 aromatic carbocycles. The summed E-state index contributed by atoms with van der Waals surface area (Å²) in [4.78, 5) is 13.5. The average Bonchev–Trinajstić information content (AvgIpc) is 3.15. The number of fused-ring (bicyclic) bond motifs is 1. The van der Waals surface area contributed by atoms with Gasteiger partial charge in [0.15, 0.2) is 17.2 Å². The maximum atomic E-state index is 12.7. The minimum absolute atomic E-state index is 0.0714. The summed E-state index contributed by atoms with van der Waals surface area (Å²) in [5.41, 5.74) is 4.01. The Labute approximate surface area is 166 Å². The van der Waals surface area contributed by atoms with Crippen molar-refractivity contribution >= 4 is 11.4 Å². The number of aliphatic imine (C=N–C) groups is 1. The monoisotopic (exact) mass is 400 g/mol. The van der Waals surface area contributed by atoms with Crippen molar-refractivity contribution in [2.45, 2.75) is 52.6 Å². The number of hydrogen-bond donors (Lipinski definition) is 1. The second-order valence-electron chi connectivity index (χ2n) is 7.44. The molecule has 1 N–H and O–H groups in total. The summed E-state index contributed by atoms with van der Waals surface area (Å²) >= 11 is 0. The molecule has 3 aromatic heterocycles. The van der Waals surface area contributed by atoms with Crippen LogP contribution in [0.2, 0.25) is 0 Å². The van der Waals surface area contributed by atoms with Gasteiger partial charge in [0.05, 0.1) is 11.4 Å². The zero-order valence-electron chi connectivity index (χ0n) is 16.6. The van der Waals surface area contributed by atoms with Gasteiger partial charge in [0.25, 0.3) is 0 Å². The fourth-order valence-electron chi connectivity index (χ4n) is 3.40. The third-order valence-corrected chi connectivity index (χ3v) is 4.94. The molecule has 1 saturated carbocycles. The molecule has 3 aromatic rings. The Hall–Kier alpha value is -3.10. The first-order valence-corrected chi connectivity index (χ1v) is 9.38. The second kappa shape index (κ2) is 7.38. The van der Waals surface area contributed by atoms with Crippen LogP contribution in [0, 0.1) is 6.92 Å². The largest absolute Gasteiger partial charge is 0.431 e. The number of nitrogens with one attached hydrogen (secondary N) is 1.